The predicted molar refractivity (Wildman–Crippen MR) is 62.6 cm³/mol. The first kappa shape index (κ1) is 12.4. The van der Waals surface area contributed by atoms with Gasteiger partial charge in [-0.1, -0.05) is 12.1 Å². The molecule has 0 aliphatic carbocycles. The Hall–Kier alpha value is -2.04. The highest BCUT2D eigenvalue weighted by Gasteiger charge is 2.10. The first-order chi connectivity index (χ1) is 8.56. The number of aromatic nitrogens is 1. The molecule has 1 unspecified atom stereocenters. The van der Waals surface area contributed by atoms with E-state index in [1.807, 2.05) is 0 Å². The van der Waals surface area contributed by atoms with Crippen LogP contribution in [0.5, 0.6) is 0 Å². The van der Waals surface area contributed by atoms with E-state index >= 15 is 0 Å². The van der Waals surface area contributed by atoms with Gasteiger partial charge in [0.2, 0.25) is 0 Å². The molecular formula is C13H11F3N2. The van der Waals surface area contributed by atoms with E-state index in [0.29, 0.717) is 0 Å². The second kappa shape index (κ2) is 5.08. The largest absolute Gasteiger partial charge is 0.361 e. The molecule has 0 aliphatic heterocycles. The molecule has 2 nitrogen and oxygen atoms in total. The molecule has 0 bridgehead atoms. The van der Waals surface area contributed by atoms with E-state index in [1.165, 1.54) is 12.1 Å². The Morgan fingerprint density at radius 3 is 2.33 bits per heavy atom. The highest BCUT2D eigenvalue weighted by Crippen LogP contribution is 2.20. The van der Waals surface area contributed by atoms with Crippen molar-refractivity contribution in [2.24, 2.45) is 0 Å². The quantitative estimate of drug-likeness (QED) is 0.901. The van der Waals surface area contributed by atoms with Crippen molar-refractivity contribution >= 4 is 5.82 Å². The average molecular weight is 252 g/mol. The maximum Gasteiger partial charge on any atom is 0.168 e. The van der Waals surface area contributed by atoms with Crippen molar-refractivity contribution in [3.8, 4) is 0 Å². The van der Waals surface area contributed by atoms with Gasteiger partial charge in [-0.05, 0) is 24.6 Å². The molecule has 0 radical (unpaired) electrons. The molecule has 0 fully saturated rings. The van der Waals surface area contributed by atoms with Gasteiger partial charge in [-0.25, -0.2) is 18.2 Å². The first-order valence-electron chi connectivity index (χ1n) is 5.39. The molecule has 1 heterocycles. The van der Waals surface area contributed by atoms with Gasteiger partial charge >= 0.3 is 0 Å². The third-order valence-electron chi connectivity index (χ3n) is 2.53. The number of hydrogen-bond donors (Lipinski definition) is 1. The zero-order chi connectivity index (χ0) is 13.1. The molecule has 5 heteroatoms. The van der Waals surface area contributed by atoms with Crippen LogP contribution in [0.3, 0.4) is 0 Å². The number of nitrogens with zero attached hydrogens (tertiary/aromatic N) is 1. The number of pyridine rings is 1. The minimum atomic E-state index is -0.760. The van der Waals surface area contributed by atoms with Crippen LogP contribution < -0.4 is 5.32 Å². The number of nitrogens with one attached hydrogen (secondary N) is 1. The standard InChI is InChI=1S/C13H11F3N2/c1-8(9-2-4-10(14)5-3-9)18-13-12(16)6-11(15)7-17-13/h2-8H,1H3,(H,17,18). The maximum atomic E-state index is 13.4. The minimum Gasteiger partial charge on any atom is -0.361 e. The fraction of sp³-hybridized carbons (Fsp3) is 0.154. The summed E-state index contributed by atoms with van der Waals surface area (Å²) in [6.45, 7) is 1.78. The second-order valence-corrected chi connectivity index (χ2v) is 3.90. The summed E-state index contributed by atoms with van der Waals surface area (Å²) in [5, 5.41) is 2.80. The normalized spacial score (nSPS) is 12.2. The Morgan fingerprint density at radius 1 is 1.06 bits per heavy atom. The van der Waals surface area contributed by atoms with Crippen molar-refractivity contribution in [2.45, 2.75) is 13.0 Å². The summed E-state index contributed by atoms with van der Waals surface area (Å²) in [4.78, 5) is 3.63. The lowest BCUT2D eigenvalue weighted by molar-refractivity contribution is 0.573. The van der Waals surface area contributed by atoms with Gasteiger partial charge in [-0.3, -0.25) is 0 Å². The molecule has 1 aromatic carbocycles. The average Bonchev–Trinajstić information content (AvgIpc) is 2.33. The van der Waals surface area contributed by atoms with Crippen LogP contribution in [0.4, 0.5) is 19.0 Å². The van der Waals surface area contributed by atoms with E-state index in [9.17, 15) is 13.2 Å². The molecule has 1 aromatic heterocycles. The number of benzene rings is 1. The van der Waals surface area contributed by atoms with Gasteiger partial charge in [0.25, 0.3) is 0 Å². The zero-order valence-corrected chi connectivity index (χ0v) is 9.62. The van der Waals surface area contributed by atoms with Crippen molar-refractivity contribution in [1.29, 1.82) is 0 Å². The van der Waals surface area contributed by atoms with E-state index < -0.39 is 11.6 Å². The van der Waals surface area contributed by atoms with Crippen LogP contribution in [-0.2, 0) is 0 Å². The molecule has 0 saturated carbocycles. The van der Waals surface area contributed by atoms with Gasteiger partial charge in [0.1, 0.15) is 11.6 Å². The molecule has 0 aliphatic rings. The van der Waals surface area contributed by atoms with Crippen molar-refractivity contribution < 1.29 is 13.2 Å². The van der Waals surface area contributed by atoms with E-state index in [-0.39, 0.29) is 17.7 Å². The topological polar surface area (TPSA) is 24.9 Å². The van der Waals surface area contributed by atoms with Crippen molar-refractivity contribution in [3.05, 3.63) is 59.5 Å². The van der Waals surface area contributed by atoms with Crippen molar-refractivity contribution in [3.63, 3.8) is 0 Å². The van der Waals surface area contributed by atoms with Crippen LogP contribution in [-0.4, -0.2) is 4.98 Å². The van der Waals surface area contributed by atoms with E-state index in [2.05, 4.69) is 10.3 Å². The summed E-state index contributed by atoms with van der Waals surface area (Å²) in [5.41, 5.74) is 0.780. The van der Waals surface area contributed by atoms with Gasteiger partial charge in [0, 0.05) is 6.07 Å². The third-order valence-corrected chi connectivity index (χ3v) is 2.53. The smallest absolute Gasteiger partial charge is 0.168 e. The maximum absolute atomic E-state index is 13.4. The molecule has 1 atom stereocenters. The van der Waals surface area contributed by atoms with Gasteiger partial charge < -0.3 is 5.32 Å². The monoisotopic (exact) mass is 252 g/mol. The van der Waals surface area contributed by atoms with Crippen molar-refractivity contribution in [2.75, 3.05) is 5.32 Å². The lowest BCUT2D eigenvalue weighted by atomic mass is 10.1. The second-order valence-electron chi connectivity index (χ2n) is 3.90. The SMILES string of the molecule is CC(Nc1ncc(F)cc1F)c1ccc(F)cc1. The van der Waals surface area contributed by atoms with Gasteiger partial charge in [0.05, 0.1) is 12.2 Å². The van der Waals surface area contributed by atoms with Crippen LogP contribution in [0.1, 0.15) is 18.5 Å². The predicted octanol–water partition coefficient (Wildman–Crippen LogP) is 3.67. The van der Waals surface area contributed by atoms with Crippen LogP contribution in [0, 0.1) is 17.5 Å². The molecule has 0 spiro atoms. The van der Waals surface area contributed by atoms with Crippen LogP contribution in [0.2, 0.25) is 0 Å². The molecule has 2 aromatic rings. The van der Waals surface area contributed by atoms with E-state index in [4.69, 9.17) is 0 Å². The summed E-state index contributed by atoms with van der Waals surface area (Å²) in [7, 11) is 0. The zero-order valence-electron chi connectivity index (χ0n) is 9.62. The van der Waals surface area contributed by atoms with Crippen LogP contribution in [0.25, 0.3) is 0 Å². The lowest BCUT2D eigenvalue weighted by Gasteiger charge is -2.15. The summed E-state index contributed by atoms with van der Waals surface area (Å²) in [6.07, 6.45) is 0.933. The number of hydrogen-bond acceptors (Lipinski definition) is 2. The van der Waals surface area contributed by atoms with Crippen molar-refractivity contribution in [1.82, 2.24) is 4.98 Å². The molecule has 1 N–H and O–H groups in total. The van der Waals surface area contributed by atoms with E-state index in [0.717, 1.165) is 17.8 Å². The Morgan fingerprint density at radius 2 is 1.72 bits per heavy atom. The summed E-state index contributed by atoms with van der Waals surface area (Å²) in [5.74, 6) is -1.86. The fourth-order valence-corrected chi connectivity index (χ4v) is 1.56. The Labute approximate surface area is 102 Å². The first-order valence-corrected chi connectivity index (χ1v) is 5.39. The number of halogens is 3. The van der Waals surface area contributed by atoms with Gasteiger partial charge in [-0.15, -0.1) is 0 Å². The highest BCUT2D eigenvalue weighted by atomic mass is 19.1. The lowest BCUT2D eigenvalue weighted by Crippen LogP contribution is -2.09. The molecule has 0 saturated heterocycles. The molecular weight excluding hydrogens is 241 g/mol. The Balaban J connectivity index is 2.15. The summed E-state index contributed by atoms with van der Waals surface area (Å²) in [6, 6.07) is 6.32. The summed E-state index contributed by atoms with van der Waals surface area (Å²) < 4.78 is 38.8. The summed E-state index contributed by atoms with van der Waals surface area (Å²) >= 11 is 0. The molecule has 18 heavy (non-hydrogen) atoms. The third kappa shape index (κ3) is 2.80. The van der Waals surface area contributed by atoms with Gasteiger partial charge in [0.15, 0.2) is 11.6 Å². The van der Waals surface area contributed by atoms with Gasteiger partial charge in [-0.2, -0.15) is 0 Å². The highest BCUT2D eigenvalue weighted by molar-refractivity contribution is 5.39. The van der Waals surface area contributed by atoms with E-state index in [1.54, 1.807) is 19.1 Å². The minimum absolute atomic E-state index is 0.0341. The van der Waals surface area contributed by atoms with Crippen LogP contribution in [0.15, 0.2) is 36.5 Å². The Kier molecular flexibility index (Phi) is 3.50. The number of rotatable bonds is 3. The number of anilines is 1. The molecule has 94 valence electrons. The molecule has 0 amide bonds. The Bertz CT molecular complexity index is 540. The van der Waals surface area contributed by atoms with Crippen LogP contribution >= 0.6 is 0 Å². The molecule has 2 rings (SSSR count). The fourth-order valence-electron chi connectivity index (χ4n) is 1.56.